The van der Waals surface area contributed by atoms with E-state index < -0.39 is 0 Å². The van der Waals surface area contributed by atoms with Gasteiger partial charge in [-0.25, -0.2) is 0 Å². The fourth-order valence-electron chi connectivity index (χ4n) is 1.86. The minimum absolute atomic E-state index is 0.200. The third-order valence-corrected chi connectivity index (χ3v) is 4.15. The van der Waals surface area contributed by atoms with E-state index in [1.165, 1.54) is 0 Å². The highest BCUT2D eigenvalue weighted by atomic mass is 79.9. The fourth-order valence-corrected chi connectivity index (χ4v) is 2.75. The van der Waals surface area contributed by atoms with E-state index in [1.54, 1.807) is 18.2 Å². The standard InChI is InChI=1S/C15H12Br2N2OS/c1-8-2-3-9(16)6-11(8)15(20)19-13-5-4-10(17)7-12(13)14(18)21/h2-7H,1H3,(H2,18,21)(H,19,20). The third kappa shape index (κ3) is 3.90. The molecular weight excluding hydrogens is 416 g/mol. The largest absolute Gasteiger partial charge is 0.389 e. The summed E-state index contributed by atoms with van der Waals surface area (Å²) < 4.78 is 1.70. The van der Waals surface area contributed by atoms with Crippen LogP contribution >= 0.6 is 44.1 Å². The Bertz CT molecular complexity index is 732. The Morgan fingerprint density at radius 3 is 2.29 bits per heavy atom. The van der Waals surface area contributed by atoms with Gasteiger partial charge in [-0.3, -0.25) is 4.79 Å². The summed E-state index contributed by atoms with van der Waals surface area (Å²) in [5.74, 6) is -0.200. The molecule has 0 saturated carbocycles. The molecule has 0 bridgehead atoms. The first kappa shape index (κ1) is 16.1. The van der Waals surface area contributed by atoms with Gasteiger partial charge in [0.1, 0.15) is 4.99 Å². The maximum Gasteiger partial charge on any atom is 0.255 e. The van der Waals surface area contributed by atoms with Crippen LogP contribution in [0.25, 0.3) is 0 Å². The van der Waals surface area contributed by atoms with Gasteiger partial charge in [0.15, 0.2) is 0 Å². The van der Waals surface area contributed by atoms with Crippen molar-refractivity contribution < 1.29 is 4.79 Å². The monoisotopic (exact) mass is 426 g/mol. The zero-order valence-electron chi connectivity index (χ0n) is 11.1. The first-order valence-corrected chi connectivity index (χ1v) is 8.05. The van der Waals surface area contributed by atoms with Crippen molar-refractivity contribution in [1.29, 1.82) is 0 Å². The zero-order valence-corrected chi connectivity index (χ0v) is 15.1. The number of carbonyl (C=O) groups excluding carboxylic acids is 1. The van der Waals surface area contributed by atoms with Crippen LogP contribution in [-0.4, -0.2) is 10.9 Å². The molecule has 0 fully saturated rings. The summed E-state index contributed by atoms with van der Waals surface area (Å²) in [6.07, 6.45) is 0. The minimum atomic E-state index is -0.200. The molecule has 0 aliphatic carbocycles. The normalized spacial score (nSPS) is 10.2. The van der Waals surface area contributed by atoms with Gasteiger partial charge in [0, 0.05) is 20.1 Å². The Morgan fingerprint density at radius 2 is 1.67 bits per heavy atom. The molecule has 1 amide bonds. The first-order valence-electron chi connectivity index (χ1n) is 6.05. The highest BCUT2D eigenvalue weighted by Gasteiger charge is 2.13. The zero-order chi connectivity index (χ0) is 15.6. The summed E-state index contributed by atoms with van der Waals surface area (Å²) >= 11 is 11.8. The molecule has 0 heterocycles. The maximum absolute atomic E-state index is 12.4. The van der Waals surface area contributed by atoms with E-state index >= 15 is 0 Å². The Balaban J connectivity index is 2.36. The number of nitrogens with one attached hydrogen (secondary N) is 1. The lowest BCUT2D eigenvalue weighted by Crippen LogP contribution is -2.18. The molecule has 21 heavy (non-hydrogen) atoms. The van der Waals surface area contributed by atoms with Crippen molar-refractivity contribution in [2.45, 2.75) is 6.92 Å². The quantitative estimate of drug-likeness (QED) is 0.713. The molecule has 0 unspecified atom stereocenters. The summed E-state index contributed by atoms with van der Waals surface area (Å²) in [4.78, 5) is 12.7. The molecular formula is C15H12Br2N2OS. The van der Waals surface area contributed by atoms with Crippen LogP contribution in [0.2, 0.25) is 0 Å². The number of benzene rings is 2. The van der Waals surface area contributed by atoms with Crippen LogP contribution in [0, 0.1) is 6.92 Å². The van der Waals surface area contributed by atoms with E-state index in [2.05, 4.69) is 37.2 Å². The molecule has 0 aliphatic heterocycles. The topological polar surface area (TPSA) is 55.1 Å². The van der Waals surface area contributed by atoms with E-state index in [4.69, 9.17) is 18.0 Å². The first-order chi connectivity index (χ1) is 9.88. The number of carbonyl (C=O) groups is 1. The van der Waals surface area contributed by atoms with E-state index in [0.717, 1.165) is 14.5 Å². The van der Waals surface area contributed by atoms with Crippen molar-refractivity contribution in [2.75, 3.05) is 5.32 Å². The van der Waals surface area contributed by atoms with Gasteiger partial charge in [0.25, 0.3) is 5.91 Å². The number of thiocarbonyl (C=S) groups is 1. The molecule has 6 heteroatoms. The van der Waals surface area contributed by atoms with Crippen LogP contribution in [-0.2, 0) is 0 Å². The molecule has 2 aromatic carbocycles. The Hall–Kier alpha value is -1.24. The van der Waals surface area contributed by atoms with Crippen LogP contribution in [0.1, 0.15) is 21.5 Å². The van der Waals surface area contributed by atoms with Gasteiger partial charge in [-0.05, 0) is 42.8 Å². The molecule has 3 N–H and O–H groups in total. The average molecular weight is 428 g/mol. The molecule has 2 rings (SSSR count). The van der Waals surface area contributed by atoms with E-state index in [0.29, 0.717) is 16.8 Å². The molecule has 108 valence electrons. The summed E-state index contributed by atoms with van der Waals surface area (Å²) in [5.41, 5.74) is 8.41. The lowest BCUT2D eigenvalue weighted by atomic mass is 10.1. The van der Waals surface area contributed by atoms with Gasteiger partial charge in [-0.1, -0.05) is 50.1 Å². The van der Waals surface area contributed by atoms with Crippen LogP contribution in [0.5, 0.6) is 0 Å². The fraction of sp³-hybridized carbons (Fsp3) is 0.0667. The molecule has 0 atom stereocenters. The molecule has 0 aromatic heterocycles. The van der Waals surface area contributed by atoms with Crippen molar-refractivity contribution in [3.8, 4) is 0 Å². The lowest BCUT2D eigenvalue weighted by molar-refractivity contribution is 0.102. The number of amides is 1. The lowest BCUT2D eigenvalue weighted by Gasteiger charge is -2.12. The predicted molar refractivity (Wildman–Crippen MR) is 96.9 cm³/mol. The van der Waals surface area contributed by atoms with Gasteiger partial charge < -0.3 is 11.1 Å². The molecule has 0 radical (unpaired) electrons. The second-order valence-electron chi connectivity index (χ2n) is 4.47. The number of hydrogen-bond donors (Lipinski definition) is 2. The highest BCUT2D eigenvalue weighted by molar-refractivity contribution is 9.10. The SMILES string of the molecule is Cc1ccc(Br)cc1C(=O)Nc1ccc(Br)cc1C(N)=S. The maximum atomic E-state index is 12.4. The third-order valence-electron chi connectivity index (χ3n) is 2.94. The van der Waals surface area contributed by atoms with Crippen LogP contribution < -0.4 is 11.1 Å². The Morgan fingerprint density at radius 1 is 1.10 bits per heavy atom. The number of anilines is 1. The molecule has 0 aliphatic rings. The van der Waals surface area contributed by atoms with Gasteiger partial charge in [0.05, 0.1) is 5.69 Å². The Labute approximate surface area is 145 Å². The summed E-state index contributed by atoms with van der Waals surface area (Å²) in [7, 11) is 0. The Kier molecular flexibility index (Phi) is 5.13. The van der Waals surface area contributed by atoms with Gasteiger partial charge in [0.2, 0.25) is 0 Å². The van der Waals surface area contributed by atoms with Crippen molar-refractivity contribution in [2.24, 2.45) is 5.73 Å². The number of halogens is 2. The van der Waals surface area contributed by atoms with Gasteiger partial charge in [-0.2, -0.15) is 0 Å². The number of nitrogens with two attached hydrogens (primary N) is 1. The smallest absolute Gasteiger partial charge is 0.255 e. The number of aryl methyl sites for hydroxylation is 1. The van der Waals surface area contributed by atoms with Gasteiger partial charge in [-0.15, -0.1) is 0 Å². The highest BCUT2D eigenvalue weighted by Crippen LogP contribution is 2.23. The van der Waals surface area contributed by atoms with Crippen molar-refractivity contribution in [1.82, 2.24) is 0 Å². The summed E-state index contributed by atoms with van der Waals surface area (Å²) in [6, 6.07) is 10.9. The number of rotatable bonds is 3. The minimum Gasteiger partial charge on any atom is -0.389 e. The molecule has 2 aromatic rings. The van der Waals surface area contributed by atoms with E-state index in [1.807, 2.05) is 25.1 Å². The van der Waals surface area contributed by atoms with Crippen LogP contribution in [0.3, 0.4) is 0 Å². The summed E-state index contributed by atoms with van der Waals surface area (Å²) in [6.45, 7) is 1.89. The van der Waals surface area contributed by atoms with Crippen molar-refractivity contribution >= 4 is 60.7 Å². The molecule has 3 nitrogen and oxygen atoms in total. The number of hydrogen-bond acceptors (Lipinski definition) is 2. The van der Waals surface area contributed by atoms with Crippen molar-refractivity contribution in [3.05, 3.63) is 62.0 Å². The van der Waals surface area contributed by atoms with Crippen LogP contribution in [0.15, 0.2) is 45.3 Å². The van der Waals surface area contributed by atoms with Crippen molar-refractivity contribution in [3.63, 3.8) is 0 Å². The second-order valence-corrected chi connectivity index (χ2v) is 6.74. The average Bonchev–Trinajstić information content (AvgIpc) is 2.43. The summed E-state index contributed by atoms with van der Waals surface area (Å²) in [5, 5.41) is 2.86. The predicted octanol–water partition coefficient (Wildman–Crippen LogP) is 4.41. The van der Waals surface area contributed by atoms with E-state index in [-0.39, 0.29) is 10.9 Å². The van der Waals surface area contributed by atoms with E-state index in [9.17, 15) is 4.79 Å². The van der Waals surface area contributed by atoms with Gasteiger partial charge >= 0.3 is 0 Å². The second kappa shape index (κ2) is 6.68. The molecule has 0 spiro atoms. The van der Waals surface area contributed by atoms with Crippen LogP contribution in [0.4, 0.5) is 5.69 Å². The molecule has 0 saturated heterocycles.